The zero-order valence-corrected chi connectivity index (χ0v) is 11.8. The van der Waals surface area contributed by atoms with E-state index in [1.807, 2.05) is 21.6 Å². The second-order valence-electron chi connectivity index (χ2n) is 4.39. The Morgan fingerprint density at radius 1 is 1.56 bits per heavy atom. The summed E-state index contributed by atoms with van der Waals surface area (Å²) >= 11 is 0. The quantitative estimate of drug-likeness (QED) is 0.756. The molecule has 2 unspecified atom stereocenters. The van der Waals surface area contributed by atoms with E-state index < -0.39 is 0 Å². The lowest BCUT2D eigenvalue weighted by molar-refractivity contribution is 0.288. The van der Waals surface area contributed by atoms with Crippen LogP contribution in [-0.4, -0.2) is 60.2 Å². The molecule has 0 aromatic carbocycles. The van der Waals surface area contributed by atoms with Crippen LogP contribution in [0.4, 0.5) is 0 Å². The highest BCUT2D eigenvalue weighted by molar-refractivity contribution is 8.82. The van der Waals surface area contributed by atoms with Crippen LogP contribution in [0.2, 0.25) is 0 Å². The van der Waals surface area contributed by atoms with Crippen molar-refractivity contribution >= 4 is 26.8 Å². The van der Waals surface area contributed by atoms with E-state index in [4.69, 9.17) is 4.99 Å². The molecule has 0 aromatic heterocycles. The first-order chi connectivity index (χ1) is 7.70. The minimum atomic E-state index is 0.287. The van der Waals surface area contributed by atoms with Crippen molar-refractivity contribution in [2.45, 2.75) is 24.9 Å². The summed E-state index contributed by atoms with van der Waals surface area (Å²) < 4.78 is 0. The molecule has 92 valence electrons. The van der Waals surface area contributed by atoms with Crippen LogP contribution in [0.15, 0.2) is 4.99 Å². The van der Waals surface area contributed by atoms with Gasteiger partial charge < -0.3 is 10.2 Å². The molecule has 0 saturated carbocycles. The number of nitrogens with zero attached hydrogens (tertiary/aromatic N) is 3. The molecule has 2 heterocycles. The predicted octanol–water partition coefficient (Wildman–Crippen LogP) is 1.27. The molecule has 0 amide bonds. The molecule has 16 heavy (non-hydrogen) atoms. The highest BCUT2D eigenvalue weighted by Crippen LogP contribution is 2.38. The molecule has 4 nitrogen and oxygen atoms in total. The fourth-order valence-corrected chi connectivity index (χ4v) is 4.41. The van der Waals surface area contributed by atoms with E-state index in [9.17, 15) is 0 Å². The number of amidine groups is 1. The topological polar surface area (TPSA) is 30.9 Å². The second-order valence-corrected chi connectivity index (χ2v) is 6.61. The van der Waals surface area contributed by atoms with Crippen LogP contribution in [0, 0.1) is 0 Å². The zero-order chi connectivity index (χ0) is 11.5. The van der Waals surface area contributed by atoms with Crippen LogP contribution in [-0.2, 0) is 0 Å². The molecule has 2 rings (SSSR count). The first-order valence-corrected chi connectivity index (χ1v) is 7.98. The van der Waals surface area contributed by atoms with E-state index in [2.05, 4.69) is 36.1 Å². The molecule has 0 aromatic rings. The zero-order valence-electron chi connectivity index (χ0n) is 10.1. The first-order valence-electron chi connectivity index (χ1n) is 5.76. The minimum Gasteiger partial charge on any atom is -0.348 e. The standard InChI is InChI=1S/C10H20N4S2/c1-4-8-7-14(6-5-11-8)10-12-9(13(2)3)15-16-10/h8-9,11H,4-7H2,1-3H3. The summed E-state index contributed by atoms with van der Waals surface area (Å²) in [5.74, 6) is 0. The maximum absolute atomic E-state index is 4.75. The summed E-state index contributed by atoms with van der Waals surface area (Å²) in [4.78, 5) is 9.33. The average Bonchev–Trinajstić information content (AvgIpc) is 2.78. The van der Waals surface area contributed by atoms with Gasteiger partial charge in [-0.2, -0.15) is 0 Å². The molecule has 2 aliphatic heterocycles. The summed E-state index contributed by atoms with van der Waals surface area (Å²) in [5, 5.41) is 4.74. The van der Waals surface area contributed by atoms with E-state index >= 15 is 0 Å². The van der Waals surface area contributed by atoms with Gasteiger partial charge in [-0.3, -0.25) is 4.90 Å². The summed E-state index contributed by atoms with van der Waals surface area (Å²) in [7, 11) is 7.82. The van der Waals surface area contributed by atoms with Gasteiger partial charge in [0.05, 0.1) is 0 Å². The molecular weight excluding hydrogens is 240 g/mol. The summed E-state index contributed by atoms with van der Waals surface area (Å²) in [6, 6.07) is 0.625. The third-order valence-corrected chi connectivity index (χ3v) is 5.45. The Morgan fingerprint density at radius 2 is 2.38 bits per heavy atom. The Morgan fingerprint density at radius 3 is 3.00 bits per heavy atom. The third kappa shape index (κ3) is 2.85. The maximum atomic E-state index is 4.75. The van der Waals surface area contributed by atoms with Gasteiger partial charge in [-0.1, -0.05) is 6.92 Å². The van der Waals surface area contributed by atoms with Crippen molar-refractivity contribution in [1.29, 1.82) is 0 Å². The number of nitrogens with one attached hydrogen (secondary N) is 1. The first kappa shape index (κ1) is 12.5. The van der Waals surface area contributed by atoms with Crippen LogP contribution in [0.25, 0.3) is 0 Å². The van der Waals surface area contributed by atoms with E-state index in [1.165, 1.54) is 11.6 Å². The van der Waals surface area contributed by atoms with Crippen LogP contribution in [0.3, 0.4) is 0 Å². The van der Waals surface area contributed by atoms with Gasteiger partial charge in [-0.05, 0) is 42.1 Å². The molecule has 0 radical (unpaired) electrons. The number of piperazine rings is 1. The highest BCUT2D eigenvalue weighted by atomic mass is 33.1. The van der Waals surface area contributed by atoms with Gasteiger partial charge in [0.2, 0.25) is 0 Å². The molecule has 6 heteroatoms. The Balaban J connectivity index is 1.95. The maximum Gasteiger partial charge on any atom is 0.172 e. The van der Waals surface area contributed by atoms with Crippen molar-refractivity contribution in [2.24, 2.45) is 4.99 Å². The number of hydrogen-bond donors (Lipinski definition) is 1. The van der Waals surface area contributed by atoms with Gasteiger partial charge in [0.1, 0.15) is 0 Å². The number of aliphatic imine (C=N–C) groups is 1. The van der Waals surface area contributed by atoms with Crippen molar-refractivity contribution in [1.82, 2.24) is 15.1 Å². The van der Waals surface area contributed by atoms with E-state index in [0.717, 1.165) is 19.6 Å². The molecule has 0 aliphatic carbocycles. The lowest BCUT2D eigenvalue weighted by Gasteiger charge is -2.33. The Kier molecular flexibility index (Phi) is 4.41. The van der Waals surface area contributed by atoms with Crippen LogP contribution >= 0.6 is 21.6 Å². The molecule has 0 bridgehead atoms. The summed E-state index contributed by atoms with van der Waals surface area (Å²) in [6.07, 6.45) is 1.19. The van der Waals surface area contributed by atoms with Gasteiger partial charge in [0.15, 0.2) is 10.7 Å². The van der Waals surface area contributed by atoms with E-state index in [1.54, 1.807) is 0 Å². The fourth-order valence-electron chi connectivity index (χ4n) is 1.83. The Labute approximate surface area is 106 Å². The van der Waals surface area contributed by atoms with Crippen LogP contribution in [0.5, 0.6) is 0 Å². The van der Waals surface area contributed by atoms with Crippen molar-refractivity contribution in [2.75, 3.05) is 33.7 Å². The average molecular weight is 260 g/mol. The lowest BCUT2D eigenvalue weighted by atomic mass is 10.2. The van der Waals surface area contributed by atoms with Crippen LogP contribution < -0.4 is 5.32 Å². The Hall–Kier alpha value is 0.0900. The molecule has 1 saturated heterocycles. The van der Waals surface area contributed by atoms with E-state index in [0.29, 0.717) is 6.04 Å². The van der Waals surface area contributed by atoms with Gasteiger partial charge in [-0.25, -0.2) is 4.99 Å². The Bertz CT molecular complexity index is 270. The molecule has 1 fully saturated rings. The SMILES string of the molecule is CCC1CN(C2=NC(N(C)C)SS2)CCN1. The minimum absolute atomic E-state index is 0.287. The highest BCUT2D eigenvalue weighted by Gasteiger charge is 2.27. The smallest absolute Gasteiger partial charge is 0.172 e. The van der Waals surface area contributed by atoms with Crippen molar-refractivity contribution in [3.8, 4) is 0 Å². The monoisotopic (exact) mass is 260 g/mol. The number of rotatable bonds is 2. The predicted molar refractivity (Wildman–Crippen MR) is 73.7 cm³/mol. The van der Waals surface area contributed by atoms with E-state index in [-0.39, 0.29) is 5.50 Å². The second kappa shape index (κ2) is 5.62. The molecule has 2 atom stereocenters. The third-order valence-electron chi connectivity index (χ3n) is 2.89. The van der Waals surface area contributed by atoms with Gasteiger partial charge in [-0.15, -0.1) is 0 Å². The summed E-state index contributed by atoms with van der Waals surface area (Å²) in [5.41, 5.74) is 0.287. The fraction of sp³-hybridized carbons (Fsp3) is 0.900. The van der Waals surface area contributed by atoms with Gasteiger partial charge >= 0.3 is 0 Å². The normalized spacial score (nSPS) is 31.0. The van der Waals surface area contributed by atoms with Crippen molar-refractivity contribution in [3.63, 3.8) is 0 Å². The van der Waals surface area contributed by atoms with Gasteiger partial charge in [0, 0.05) is 25.7 Å². The molecule has 0 spiro atoms. The molecule has 2 aliphatic rings. The molecule has 1 N–H and O–H groups in total. The largest absolute Gasteiger partial charge is 0.348 e. The van der Waals surface area contributed by atoms with Crippen molar-refractivity contribution in [3.05, 3.63) is 0 Å². The number of hydrogen-bond acceptors (Lipinski definition) is 6. The van der Waals surface area contributed by atoms with Gasteiger partial charge in [0.25, 0.3) is 0 Å². The van der Waals surface area contributed by atoms with Crippen LogP contribution in [0.1, 0.15) is 13.3 Å². The lowest BCUT2D eigenvalue weighted by Crippen LogP contribution is -2.51. The summed E-state index contributed by atoms with van der Waals surface area (Å²) in [6.45, 7) is 5.50. The molecular formula is C10H20N4S2. The van der Waals surface area contributed by atoms with Crippen molar-refractivity contribution < 1.29 is 0 Å².